The van der Waals surface area contributed by atoms with Crippen molar-refractivity contribution in [3.05, 3.63) is 71.3 Å². The molecule has 3 rings (SSSR count). The van der Waals surface area contributed by atoms with E-state index < -0.39 is 0 Å². The minimum Gasteiger partial charge on any atom is -0.462 e. The van der Waals surface area contributed by atoms with E-state index in [9.17, 15) is 4.79 Å². The average molecular weight is 436 g/mol. The van der Waals surface area contributed by atoms with E-state index in [1.807, 2.05) is 6.07 Å². The predicted molar refractivity (Wildman–Crippen MR) is 132 cm³/mol. The third-order valence-electron chi connectivity index (χ3n) is 7.18. The Labute approximate surface area is 195 Å². The second-order valence-electron chi connectivity index (χ2n) is 10.1. The molecule has 0 amide bonds. The molecule has 0 radical (unpaired) electrons. The maximum atomic E-state index is 13.5. The number of hydrogen-bond donors (Lipinski definition) is 1. The Kier molecular flexibility index (Phi) is 8.92. The van der Waals surface area contributed by atoms with Crippen LogP contribution in [0.5, 0.6) is 0 Å². The van der Waals surface area contributed by atoms with E-state index in [4.69, 9.17) is 4.74 Å². The number of carbonyl (C=O) groups excluding carboxylic acids is 1. The number of ether oxygens (including phenoxy) is 1. The lowest BCUT2D eigenvalue weighted by atomic mass is 9.75. The van der Waals surface area contributed by atoms with Crippen LogP contribution >= 0.6 is 0 Å². The molecule has 3 nitrogen and oxygen atoms in total. The number of rotatable bonds is 9. The van der Waals surface area contributed by atoms with Crippen molar-refractivity contribution in [2.45, 2.75) is 79.0 Å². The molecule has 0 aliphatic heterocycles. The molecular formula is C29H41NO2. The third kappa shape index (κ3) is 6.45. The summed E-state index contributed by atoms with van der Waals surface area (Å²) in [5.74, 6) is 1.34. The van der Waals surface area contributed by atoms with Crippen molar-refractivity contribution < 1.29 is 9.53 Å². The van der Waals surface area contributed by atoms with Crippen molar-refractivity contribution in [1.29, 1.82) is 0 Å². The monoisotopic (exact) mass is 435 g/mol. The SMILES string of the molecule is CC[C@@H](C(=O)O[C@@H]1C[C@H](C)CC[C@H]1C(C)C)[C@H](NCc1ccccc1)c1ccc(C)cc1. The van der Waals surface area contributed by atoms with Crippen LogP contribution in [0, 0.1) is 30.6 Å². The van der Waals surface area contributed by atoms with Crippen LogP contribution in [-0.4, -0.2) is 12.1 Å². The molecule has 2 aromatic rings. The number of carbonyl (C=O) groups is 1. The Morgan fingerprint density at radius 3 is 2.38 bits per heavy atom. The van der Waals surface area contributed by atoms with Crippen LogP contribution in [0.1, 0.15) is 76.1 Å². The minimum atomic E-state index is -0.216. The Morgan fingerprint density at radius 2 is 1.75 bits per heavy atom. The Bertz CT molecular complexity index is 830. The number of nitrogens with one attached hydrogen (secondary N) is 1. The highest BCUT2D eigenvalue weighted by Gasteiger charge is 2.36. The van der Waals surface area contributed by atoms with Gasteiger partial charge in [0.2, 0.25) is 0 Å². The summed E-state index contributed by atoms with van der Waals surface area (Å²) in [5.41, 5.74) is 3.59. The highest BCUT2D eigenvalue weighted by atomic mass is 16.5. The van der Waals surface area contributed by atoms with Gasteiger partial charge in [-0.1, -0.05) is 94.3 Å². The van der Waals surface area contributed by atoms with E-state index in [2.05, 4.69) is 88.5 Å². The van der Waals surface area contributed by atoms with Crippen molar-refractivity contribution >= 4 is 5.97 Å². The van der Waals surface area contributed by atoms with Gasteiger partial charge in [-0.05, 0) is 55.1 Å². The minimum absolute atomic E-state index is 0.0353. The maximum Gasteiger partial charge on any atom is 0.311 e. The fourth-order valence-electron chi connectivity index (χ4n) is 5.12. The van der Waals surface area contributed by atoms with E-state index in [1.54, 1.807) is 0 Å². The summed E-state index contributed by atoms with van der Waals surface area (Å²) in [6.45, 7) is 11.7. The van der Waals surface area contributed by atoms with E-state index in [0.29, 0.717) is 17.8 Å². The number of esters is 1. The van der Waals surface area contributed by atoms with Gasteiger partial charge in [0.15, 0.2) is 0 Å². The second-order valence-corrected chi connectivity index (χ2v) is 10.1. The van der Waals surface area contributed by atoms with Crippen LogP contribution in [0.15, 0.2) is 54.6 Å². The first kappa shape index (κ1) is 24.5. The number of aryl methyl sites for hydroxylation is 1. The molecule has 1 saturated carbocycles. The fourth-order valence-corrected chi connectivity index (χ4v) is 5.12. The van der Waals surface area contributed by atoms with Gasteiger partial charge in [-0.15, -0.1) is 0 Å². The second kappa shape index (κ2) is 11.7. The van der Waals surface area contributed by atoms with Crippen molar-refractivity contribution in [2.24, 2.45) is 23.7 Å². The van der Waals surface area contributed by atoms with Crippen LogP contribution < -0.4 is 5.32 Å². The van der Waals surface area contributed by atoms with Crippen molar-refractivity contribution in [3.63, 3.8) is 0 Å². The molecule has 1 aliphatic carbocycles. The lowest BCUT2D eigenvalue weighted by Crippen LogP contribution is -2.40. The molecule has 174 valence electrons. The summed E-state index contributed by atoms with van der Waals surface area (Å²) in [6.07, 6.45) is 4.15. The summed E-state index contributed by atoms with van der Waals surface area (Å²) in [7, 11) is 0. The molecule has 1 aliphatic rings. The van der Waals surface area contributed by atoms with Gasteiger partial charge in [0, 0.05) is 12.6 Å². The summed E-state index contributed by atoms with van der Waals surface area (Å²) >= 11 is 0. The quantitative estimate of drug-likeness (QED) is 0.437. The Balaban J connectivity index is 1.80. The molecule has 0 bridgehead atoms. The van der Waals surface area contributed by atoms with Gasteiger partial charge in [-0.2, -0.15) is 0 Å². The zero-order chi connectivity index (χ0) is 23.1. The lowest BCUT2D eigenvalue weighted by Gasteiger charge is -2.38. The van der Waals surface area contributed by atoms with Crippen LogP contribution in [0.2, 0.25) is 0 Å². The van der Waals surface area contributed by atoms with Crippen LogP contribution in [-0.2, 0) is 16.1 Å². The molecule has 1 N–H and O–H groups in total. The van der Waals surface area contributed by atoms with Gasteiger partial charge >= 0.3 is 5.97 Å². The molecule has 3 heteroatoms. The molecule has 5 atom stereocenters. The summed E-state index contributed by atoms with van der Waals surface area (Å²) in [4.78, 5) is 13.5. The predicted octanol–water partition coefficient (Wildman–Crippen LogP) is 6.86. The molecule has 0 spiro atoms. The van der Waals surface area contributed by atoms with Gasteiger partial charge in [-0.25, -0.2) is 0 Å². The smallest absolute Gasteiger partial charge is 0.311 e. The molecule has 1 fully saturated rings. The standard InChI is InChI=1S/C29H41NO2/c1-6-25(29(31)32-27-18-22(5)14-17-26(27)20(2)3)28(24-15-12-21(4)13-16-24)30-19-23-10-8-7-9-11-23/h7-13,15-16,20,22,25-28,30H,6,14,17-19H2,1-5H3/t22-,25-,26+,27-,28-/m1/s1. The van der Waals surface area contributed by atoms with E-state index in [1.165, 1.54) is 17.5 Å². The Morgan fingerprint density at radius 1 is 1.06 bits per heavy atom. The molecule has 0 unspecified atom stereocenters. The number of hydrogen-bond acceptors (Lipinski definition) is 3. The molecule has 2 aromatic carbocycles. The zero-order valence-corrected chi connectivity index (χ0v) is 20.5. The Hall–Kier alpha value is -2.13. The van der Waals surface area contributed by atoms with E-state index >= 15 is 0 Å². The molecular weight excluding hydrogens is 394 g/mol. The molecule has 0 heterocycles. The van der Waals surface area contributed by atoms with Gasteiger partial charge < -0.3 is 10.1 Å². The summed E-state index contributed by atoms with van der Waals surface area (Å²) < 4.78 is 6.29. The van der Waals surface area contributed by atoms with Gasteiger partial charge in [-0.3, -0.25) is 4.79 Å². The third-order valence-corrected chi connectivity index (χ3v) is 7.18. The van der Waals surface area contributed by atoms with Crippen molar-refractivity contribution in [2.75, 3.05) is 0 Å². The highest BCUT2D eigenvalue weighted by Crippen LogP contribution is 2.37. The highest BCUT2D eigenvalue weighted by molar-refractivity contribution is 5.74. The van der Waals surface area contributed by atoms with Gasteiger partial charge in [0.1, 0.15) is 6.10 Å². The van der Waals surface area contributed by atoms with Gasteiger partial charge in [0.25, 0.3) is 0 Å². The summed E-state index contributed by atoms with van der Waals surface area (Å²) in [5, 5.41) is 3.68. The van der Waals surface area contributed by atoms with Crippen molar-refractivity contribution in [3.8, 4) is 0 Å². The first-order chi connectivity index (χ1) is 15.4. The average Bonchev–Trinajstić information content (AvgIpc) is 2.78. The topological polar surface area (TPSA) is 38.3 Å². The van der Waals surface area contributed by atoms with Crippen LogP contribution in [0.4, 0.5) is 0 Å². The number of benzene rings is 2. The largest absolute Gasteiger partial charge is 0.462 e. The normalized spacial score (nSPS) is 23.0. The fraction of sp³-hybridized carbons (Fsp3) is 0.552. The van der Waals surface area contributed by atoms with E-state index in [0.717, 1.165) is 31.4 Å². The van der Waals surface area contributed by atoms with Crippen LogP contribution in [0.3, 0.4) is 0 Å². The summed E-state index contributed by atoms with van der Waals surface area (Å²) in [6, 6.07) is 18.9. The van der Waals surface area contributed by atoms with Crippen LogP contribution in [0.25, 0.3) is 0 Å². The lowest BCUT2D eigenvalue weighted by molar-refractivity contribution is -0.162. The zero-order valence-electron chi connectivity index (χ0n) is 20.5. The van der Waals surface area contributed by atoms with Gasteiger partial charge in [0.05, 0.1) is 5.92 Å². The van der Waals surface area contributed by atoms with E-state index in [-0.39, 0.29) is 24.0 Å². The maximum absolute atomic E-state index is 13.5. The molecule has 0 aromatic heterocycles. The molecule has 0 saturated heterocycles. The first-order valence-corrected chi connectivity index (χ1v) is 12.4. The molecule has 32 heavy (non-hydrogen) atoms. The first-order valence-electron chi connectivity index (χ1n) is 12.4. The van der Waals surface area contributed by atoms with Crippen molar-refractivity contribution in [1.82, 2.24) is 5.32 Å².